The highest BCUT2D eigenvalue weighted by atomic mass is 19.4. The topological polar surface area (TPSA) is 87.6 Å². The summed E-state index contributed by atoms with van der Waals surface area (Å²) in [5.41, 5.74) is 5.40. The van der Waals surface area contributed by atoms with Gasteiger partial charge in [0, 0.05) is 18.5 Å². The molecule has 0 bridgehead atoms. The molecule has 0 aliphatic carbocycles. The van der Waals surface area contributed by atoms with Gasteiger partial charge in [-0.05, 0) is 12.5 Å². The Bertz CT molecular complexity index is 506. The zero-order valence-electron chi connectivity index (χ0n) is 11.3. The molecule has 0 amide bonds. The Balaban J connectivity index is 2.85. The molecule has 21 heavy (non-hydrogen) atoms. The van der Waals surface area contributed by atoms with E-state index in [4.69, 9.17) is 15.2 Å². The van der Waals surface area contributed by atoms with Crippen LogP contribution in [0.1, 0.15) is 18.4 Å². The number of ether oxygens (including phenoxy) is 2. The van der Waals surface area contributed by atoms with Crippen LogP contribution in [0.25, 0.3) is 0 Å². The summed E-state index contributed by atoms with van der Waals surface area (Å²) in [6.45, 7) is -0.296. The van der Waals surface area contributed by atoms with Crippen LogP contribution in [0.15, 0.2) is 12.1 Å². The van der Waals surface area contributed by atoms with Crippen molar-refractivity contribution in [3.05, 3.63) is 27.8 Å². The van der Waals surface area contributed by atoms with E-state index in [0.717, 1.165) is 6.07 Å². The summed E-state index contributed by atoms with van der Waals surface area (Å²) in [6.07, 6.45) is -5.50. The maximum Gasteiger partial charge on any atom is 0.389 e. The quantitative estimate of drug-likeness (QED) is 0.475. The Morgan fingerprint density at radius 2 is 2.00 bits per heavy atom. The fourth-order valence-corrected chi connectivity index (χ4v) is 1.65. The standard InChI is InChI=1S/C12H15F3N2O4/c1-20-10-5-8(7-16)9(17(18)19)6-11(10)21-4-2-3-12(13,14)15/h5-6H,2-4,7,16H2,1H3. The van der Waals surface area contributed by atoms with Crippen LogP contribution in [0, 0.1) is 10.1 Å². The van der Waals surface area contributed by atoms with Crippen LogP contribution in [0.2, 0.25) is 0 Å². The molecule has 1 aromatic carbocycles. The van der Waals surface area contributed by atoms with Crippen molar-refractivity contribution in [3.8, 4) is 11.5 Å². The second-order valence-electron chi connectivity index (χ2n) is 4.16. The van der Waals surface area contributed by atoms with Gasteiger partial charge in [-0.2, -0.15) is 13.2 Å². The first-order valence-electron chi connectivity index (χ1n) is 6.03. The lowest BCUT2D eigenvalue weighted by Crippen LogP contribution is -2.10. The van der Waals surface area contributed by atoms with Crippen molar-refractivity contribution < 1.29 is 27.6 Å². The number of nitro groups is 1. The van der Waals surface area contributed by atoms with Gasteiger partial charge in [0.05, 0.1) is 24.7 Å². The van der Waals surface area contributed by atoms with Crippen LogP contribution in [0.3, 0.4) is 0 Å². The first-order chi connectivity index (χ1) is 9.78. The monoisotopic (exact) mass is 308 g/mol. The molecule has 1 aromatic rings. The second kappa shape index (κ2) is 7.11. The zero-order chi connectivity index (χ0) is 16.0. The molecule has 2 N–H and O–H groups in total. The van der Waals surface area contributed by atoms with E-state index in [1.54, 1.807) is 0 Å². The van der Waals surface area contributed by atoms with E-state index in [1.165, 1.54) is 13.2 Å². The van der Waals surface area contributed by atoms with E-state index in [-0.39, 0.29) is 42.3 Å². The highest BCUT2D eigenvalue weighted by Gasteiger charge is 2.26. The average Bonchev–Trinajstić information content (AvgIpc) is 2.41. The van der Waals surface area contributed by atoms with Gasteiger partial charge in [0.1, 0.15) is 0 Å². The molecule has 6 nitrogen and oxygen atoms in total. The molecule has 9 heteroatoms. The van der Waals surface area contributed by atoms with Crippen LogP contribution in [-0.4, -0.2) is 24.8 Å². The smallest absolute Gasteiger partial charge is 0.389 e. The Morgan fingerprint density at radius 1 is 1.33 bits per heavy atom. The summed E-state index contributed by atoms with van der Waals surface area (Å²) >= 11 is 0. The minimum Gasteiger partial charge on any atom is -0.493 e. The van der Waals surface area contributed by atoms with Gasteiger partial charge in [-0.25, -0.2) is 0 Å². The van der Waals surface area contributed by atoms with E-state index >= 15 is 0 Å². The second-order valence-corrected chi connectivity index (χ2v) is 4.16. The maximum atomic E-state index is 12.0. The minimum absolute atomic E-state index is 0.0172. The summed E-state index contributed by atoms with van der Waals surface area (Å²) in [5.74, 6) is 0.205. The van der Waals surface area contributed by atoms with Gasteiger partial charge in [-0.15, -0.1) is 0 Å². The summed E-state index contributed by atoms with van der Waals surface area (Å²) in [6, 6.07) is 2.45. The number of hydrogen-bond acceptors (Lipinski definition) is 5. The lowest BCUT2D eigenvalue weighted by Gasteiger charge is -2.12. The number of nitro benzene ring substituents is 1. The Kier molecular flexibility index (Phi) is 5.77. The fourth-order valence-electron chi connectivity index (χ4n) is 1.65. The van der Waals surface area contributed by atoms with Gasteiger partial charge < -0.3 is 15.2 Å². The third kappa shape index (κ3) is 5.10. The van der Waals surface area contributed by atoms with Crippen LogP contribution < -0.4 is 15.2 Å². The van der Waals surface area contributed by atoms with Gasteiger partial charge in [0.25, 0.3) is 5.69 Å². The summed E-state index contributed by atoms with van der Waals surface area (Å²) in [4.78, 5) is 10.3. The van der Waals surface area contributed by atoms with Crippen molar-refractivity contribution in [1.82, 2.24) is 0 Å². The molecule has 0 radical (unpaired) electrons. The molecule has 0 spiro atoms. The number of rotatable bonds is 7. The van der Waals surface area contributed by atoms with E-state index in [1.807, 2.05) is 0 Å². The number of benzene rings is 1. The highest BCUT2D eigenvalue weighted by molar-refractivity contribution is 5.54. The number of alkyl halides is 3. The Labute approximate surface area is 118 Å². The normalized spacial score (nSPS) is 11.3. The summed E-state index contributed by atoms with van der Waals surface area (Å²) in [5, 5.41) is 10.9. The number of nitrogens with zero attached hydrogens (tertiary/aromatic N) is 1. The van der Waals surface area contributed by atoms with Crippen molar-refractivity contribution in [2.45, 2.75) is 25.6 Å². The van der Waals surface area contributed by atoms with Gasteiger partial charge >= 0.3 is 6.18 Å². The van der Waals surface area contributed by atoms with Crippen LogP contribution in [0.4, 0.5) is 18.9 Å². The molecule has 0 aliphatic rings. The molecule has 0 unspecified atom stereocenters. The molecule has 0 aliphatic heterocycles. The van der Waals surface area contributed by atoms with Crippen LogP contribution in [-0.2, 0) is 6.54 Å². The molecular weight excluding hydrogens is 293 g/mol. The van der Waals surface area contributed by atoms with Crippen molar-refractivity contribution in [3.63, 3.8) is 0 Å². The van der Waals surface area contributed by atoms with Gasteiger partial charge in [0.15, 0.2) is 11.5 Å². The van der Waals surface area contributed by atoms with Gasteiger partial charge in [-0.3, -0.25) is 10.1 Å². The number of halogens is 3. The molecule has 0 heterocycles. The number of nitrogens with two attached hydrogens (primary N) is 1. The van der Waals surface area contributed by atoms with Crippen LogP contribution >= 0.6 is 0 Å². The largest absolute Gasteiger partial charge is 0.493 e. The van der Waals surface area contributed by atoms with E-state index in [9.17, 15) is 23.3 Å². The molecule has 0 saturated carbocycles. The van der Waals surface area contributed by atoms with Crippen molar-refractivity contribution in [1.29, 1.82) is 0 Å². The molecule has 0 aromatic heterocycles. The van der Waals surface area contributed by atoms with E-state index < -0.39 is 17.5 Å². The fraction of sp³-hybridized carbons (Fsp3) is 0.500. The molecule has 118 valence electrons. The molecule has 0 saturated heterocycles. The van der Waals surface area contributed by atoms with E-state index in [2.05, 4.69) is 0 Å². The minimum atomic E-state index is -4.26. The molecule has 0 fully saturated rings. The zero-order valence-corrected chi connectivity index (χ0v) is 11.3. The SMILES string of the molecule is COc1cc(CN)c([N+](=O)[O-])cc1OCCCC(F)(F)F. The average molecular weight is 308 g/mol. The highest BCUT2D eigenvalue weighted by Crippen LogP contribution is 2.34. The first kappa shape index (κ1) is 17.0. The van der Waals surface area contributed by atoms with E-state index in [0.29, 0.717) is 0 Å². The third-order valence-corrected chi connectivity index (χ3v) is 2.64. The van der Waals surface area contributed by atoms with Crippen LogP contribution in [0.5, 0.6) is 11.5 Å². The molecule has 0 atom stereocenters. The number of hydrogen-bond donors (Lipinski definition) is 1. The third-order valence-electron chi connectivity index (χ3n) is 2.64. The predicted molar refractivity (Wildman–Crippen MR) is 68.3 cm³/mol. The molecule has 1 rings (SSSR count). The van der Waals surface area contributed by atoms with Crippen molar-refractivity contribution in [2.24, 2.45) is 5.73 Å². The summed E-state index contributed by atoms with van der Waals surface area (Å²) < 4.78 is 46.2. The van der Waals surface area contributed by atoms with Crippen molar-refractivity contribution >= 4 is 5.69 Å². The lowest BCUT2D eigenvalue weighted by molar-refractivity contribution is -0.385. The first-order valence-corrected chi connectivity index (χ1v) is 6.03. The molecular formula is C12H15F3N2O4. The Morgan fingerprint density at radius 3 is 2.48 bits per heavy atom. The number of methoxy groups -OCH3 is 1. The lowest BCUT2D eigenvalue weighted by atomic mass is 10.1. The van der Waals surface area contributed by atoms with Gasteiger partial charge in [-0.1, -0.05) is 0 Å². The maximum absolute atomic E-state index is 12.0. The summed E-state index contributed by atoms with van der Waals surface area (Å²) in [7, 11) is 1.32. The Hall–Kier alpha value is -2.03. The van der Waals surface area contributed by atoms with Gasteiger partial charge in [0.2, 0.25) is 0 Å². The predicted octanol–water partition coefficient (Wildman–Crippen LogP) is 2.78. The van der Waals surface area contributed by atoms with Crippen molar-refractivity contribution in [2.75, 3.05) is 13.7 Å².